The number of nitrogens with zero attached hydrogens (tertiary/aromatic N) is 1. The molecule has 0 aromatic heterocycles. The van der Waals surface area contributed by atoms with Gasteiger partial charge in [0.25, 0.3) is 10.0 Å². The maximum absolute atomic E-state index is 13.7. The molecule has 2 aliphatic rings. The number of aryl methyl sites for hydroxylation is 1. The second kappa shape index (κ2) is 5.54. The van der Waals surface area contributed by atoms with Crippen LogP contribution in [0.4, 0.5) is 15.8 Å². The van der Waals surface area contributed by atoms with E-state index in [2.05, 4.69) is 5.32 Å². The van der Waals surface area contributed by atoms with E-state index in [1.54, 1.807) is 32.0 Å². The first-order valence-electron chi connectivity index (χ1n) is 8.48. The monoisotopic (exact) mass is 374 g/mol. The second-order valence-electron chi connectivity index (χ2n) is 7.24. The Morgan fingerprint density at radius 2 is 1.92 bits per heavy atom. The van der Waals surface area contributed by atoms with Gasteiger partial charge in [0.2, 0.25) is 5.91 Å². The summed E-state index contributed by atoms with van der Waals surface area (Å²) in [5.74, 6) is -0.622. The van der Waals surface area contributed by atoms with E-state index in [-0.39, 0.29) is 10.8 Å². The predicted octanol–water partition coefficient (Wildman–Crippen LogP) is 3.20. The van der Waals surface area contributed by atoms with E-state index < -0.39 is 21.3 Å². The van der Waals surface area contributed by atoms with Gasteiger partial charge in [0, 0.05) is 12.2 Å². The molecular weight excluding hydrogens is 355 g/mol. The third kappa shape index (κ3) is 2.41. The van der Waals surface area contributed by atoms with Crippen molar-refractivity contribution >= 4 is 27.3 Å². The number of hydrogen-bond acceptors (Lipinski definition) is 3. The fourth-order valence-corrected chi connectivity index (χ4v) is 5.16. The van der Waals surface area contributed by atoms with Gasteiger partial charge in [-0.25, -0.2) is 12.8 Å². The minimum atomic E-state index is -3.85. The van der Waals surface area contributed by atoms with Gasteiger partial charge in [0.15, 0.2) is 0 Å². The number of hydrogen-bond donors (Lipinski definition) is 1. The molecule has 0 bridgehead atoms. The number of anilines is 2. The largest absolute Gasteiger partial charge is 0.325 e. The lowest BCUT2D eigenvalue weighted by Gasteiger charge is -2.30. The van der Waals surface area contributed by atoms with Gasteiger partial charge in [0.05, 0.1) is 16.0 Å². The van der Waals surface area contributed by atoms with Gasteiger partial charge in [-0.3, -0.25) is 9.10 Å². The summed E-state index contributed by atoms with van der Waals surface area (Å²) >= 11 is 0. The Labute approximate surface area is 151 Å². The Morgan fingerprint density at radius 1 is 1.15 bits per heavy atom. The molecule has 0 fully saturated rings. The molecular formula is C19H19FN2O3S. The number of nitrogens with one attached hydrogen (secondary N) is 1. The molecule has 2 aliphatic heterocycles. The highest BCUT2D eigenvalue weighted by atomic mass is 32.2. The average Bonchev–Trinajstić information content (AvgIpc) is 2.83. The summed E-state index contributed by atoms with van der Waals surface area (Å²) in [6, 6.07) is 8.92. The minimum absolute atomic E-state index is 0.109. The van der Waals surface area contributed by atoms with Gasteiger partial charge >= 0.3 is 0 Å². The smallest absolute Gasteiger partial charge is 0.264 e. The number of halogens is 1. The first kappa shape index (κ1) is 17.0. The van der Waals surface area contributed by atoms with Crippen LogP contribution in [0, 0.1) is 5.82 Å². The van der Waals surface area contributed by atoms with E-state index in [0.29, 0.717) is 29.9 Å². The predicted molar refractivity (Wildman–Crippen MR) is 97.4 cm³/mol. The Bertz CT molecular complexity index is 1030. The third-order valence-electron chi connectivity index (χ3n) is 5.19. The Morgan fingerprint density at radius 3 is 2.69 bits per heavy atom. The molecule has 1 N–H and O–H groups in total. The number of rotatable bonds is 2. The van der Waals surface area contributed by atoms with Crippen molar-refractivity contribution in [3.8, 4) is 0 Å². The maximum atomic E-state index is 13.7. The molecule has 4 rings (SSSR count). The van der Waals surface area contributed by atoms with Crippen LogP contribution in [0.25, 0.3) is 0 Å². The van der Waals surface area contributed by atoms with E-state index in [0.717, 1.165) is 12.0 Å². The maximum Gasteiger partial charge on any atom is 0.264 e. The first-order chi connectivity index (χ1) is 12.2. The quantitative estimate of drug-likeness (QED) is 0.878. The van der Waals surface area contributed by atoms with Crippen molar-refractivity contribution in [2.45, 2.75) is 37.0 Å². The van der Waals surface area contributed by atoms with E-state index in [9.17, 15) is 17.6 Å². The molecule has 0 saturated carbocycles. The summed E-state index contributed by atoms with van der Waals surface area (Å²) in [5, 5.41) is 2.77. The number of sulfonamides is 1. The lowest BCUT2D eigenvalue weighted by Crippen LogP contribution is -2.35. The molecule has 2 aromatic carbocycles. The van der Waals surface area contributed by atoms with E-state index in [1.165, 1.54) is 22.5 Å². The van der Waals surface area contributed by atoms with E-state index >= 15 is 0 Å². The number of benzene rings is 2. The highest BCUT2D eigenvalue weighted by Gasteiger charge is 2.40. The van der Waals surface area contributed by atoms with Gasteiger partial charge in [-0.15, -0.1) is 0 Å². The van der Waals surface area contributed by atoms with Gasteiger partial charge in [-0.05, 0) is 68.1 Å². The van der Waals surface area contributed by atoms with Crippen LogP contribution in [-0.2, 0) is 26.7 Å². The Hall–Kier alpha value is -2.41. The lowest BCUT2D eigenvalue weighted by atomic mass is 9.86. The number of amides is 1. The summed E-state index contributed by atoms with van der Waals surface area (Å²) in [4.78, 5) is 12.2. The van der Waals surface area contributed by atoms with Gasteiger partial charge in [0.1, 0.15) is 5.82 Å². The van der Waals surface area contributed by atoms with Crippen LogP contribution >= 0.6 is 0 Å². The standard InChI is InChI=1S/C19H19FN2O3S/c1-19(2)15-11-14(7-8-16(15)21-18(19)23)26(24,25)22-9-3-4-12-5-6-13(20)10-17(12)22/h5-8,10-11H,3-4,9H2,1-2H3,(H,21,23). The molecule has 0 atom stereocenters. The normalized spacial score (nSPS) is 18.3. The number of carbonyl (C=O) groups excluding carboxylic acids is 1. The molecule has 0 radical (unpaired) electrons. The molecule has 2 aromatic rings. The van der Waals surface area contributed by atoms with Crippen molar-refractivity contribution in [1.29, 1.82) is 0 Å². The van der Waals surface area contributed by atoms with Crippen LogP contribution in [0.1, 0.15) is 31.4 Å². The van der Waals surface area contributed by atoms with Gasteiger partial charge < -0.3 is 5.32 Å². The van der Waals surface area contributed by atoms with Crippen LogP contribution in [0.2, 0.25) is 0 Å². The number of carbonyl (C=O) groups is 1. The van der Waals surface area contributed by atoms with Gasteiger partial charge in [-0.2, -0.15) is 0 Å². The highest BCUT2D eigenvalue weighted by Crippen LogP contribution is 2.40. The van der Waals surface area contributed by atoms with Crippen molar-refractivity contribution in [3.05, 3.63) is 53.3 Å². The molecule has 0 unspecified atom stereocenters. The molecule has 7 heteroatoms. The minimum Gasteiger partial charge on any atom is -0.325 e. The first-order valence-corrected chi connectivity index (χ1v) is 9.92. The zero-order valence-electron chi connectivity index (χ0n) is 14.5. The molecule has 5 nitrogen and oxygen atoms in total. The van der Waals surface area contributed by atoms with Crippen molar-refractivity contribution in [3.63, 3.8) is 0 Å². The third-order valence-corrected chi connectivity index (χ3v) is 7.00. The van der Waals surface area contributed by atoms with Crippen LogP contribution in [0.3, 0.4) is 0 Å². The Kier molecular flexibility index (Phi) is 3.63. The van der Waals surface area contributed by atoms with E-state index in [1.807, 2.05) is 0 Å². The summed E-state index contributed by atoms with van der Waals surface area (Å²) in [6.45, 7) is 3.82. The number of fused-ring (bicyclic) bond motifs is 2. The molecule has 136 valence electrons. The fourth-order valence-electron chi connectivity index (χ4n) is 3.60. The van der Waals surface area contributed by atoms with Crippen molar-refractivity contribution in [2.24, 2.45) is 0 Å². The summed E-state index contributed by atoms with van der Waals surface area (Å²) in [5.41, 5.74) is 1.70. The van der Waals surface area contributed by atoms with Crippen LogP contribution in [0.15, 0.2) is 41.3 Å². The lowest BCUT2D eigenvalue weighted by molar-refractivity contribution is -0.119. The zero-order valence-corrected chi connectivity index (χ0v) is 15.4. The van der Waals surface area contributed by atoms with Crippen molar-refractivity contribution in [1.82, 2.24) is 0 Å². The molecule has 0 saturated heterocycles. The molecule has 1 amide bonds. The summed E-state index contributed by atoms with van der Waals surface area (Å²) in [7, 11) is -3.85. The van der Waals surface area contributed by atoms with Gasteiger partial charge in [-0.1, -0.05) is 6.07 Å². The average molecular weight is 374 g/mol. The fraction of sp³-hybridized carbons (Fsp3) is 0.316. The highest BCUT2D eigenvalue weighted by molar-refractivity contribution is 7.92. The van der Waals surface area contributed by atoms with Crippen LogP contribution in [-0.4, -0.2) is 20.9 Å². The molecule has 26 heavy (non-hydrogen) atoms. The second-order valence-corrected chi connectivity index (χ2v) is 9.10. The topological polar surface area (TPSA) is 66.5 Å². The van der Waals surface area contributed by atoms with Crippen LogP contribution in [0.5, 0.6) is 0 Å². The summed E-state index contributed by atoms with van der Waals surface area (Å²) in [6.07, 6.45) is 1.39. The SMILES string of the molecule is CC1(C)C(=O)Nc2ccc(S(=O)(=O)N3CCCc4ccc(F)cc43)cc21. The van der Waals surface area contributed by atoms with Crippen molar-refractivity contribution in [2.75, 3.05) is 16.2 Å². The molecule has 0 spiro atoms. The molecule has 0 aliphatic carbocycles. The van der Waals surface area contributed by atoms with Crippen LogP contribution < -0.4 is 9.62 Å². The van der Waals surface area contributed by atoms with E-state index in [4.69, 9.17) is 0 Å². The molecule has 2 heterocycles. The Balaban J connectivity index is 1.82. The zero-order chi connectivity index (χ0) is 18.7. The summed E-state index contributed by atoms with van der Waals surface area (Å²) < 4.78 is 41.5. The van der Waals surface area contributed by atoms with Crippen molar-refractivity contribution < 1.29 is 17.6 Å².